The zero-order valence-electron chi connectivity index (χ0n) is 12.7. The Morgan fingerprint density at radius 2 is 2.05 bits per heavy atom. The Labute approximate surface area is 122 Å². The van der Waals surface area contributed by atoms with E-state index in [1.165, 1.54) is 31.2 Å². The van der Waals surface area contributed by atoms with Crippen LogP contribution in [0.3, 0.4) is 0 Å². The Hall–Kier alpha value is -0.930. The summed E-state index contributed by atoms with van der Waals surface area (Å²) in [6.45, 7) is 6.85. The minimum Gasteiger partial charge on any atom is -0.330 e. The van der Waals surface area contributed by atoms with E-state index in [1.807, 2.05) is 6.07 Å². The zero-order valence-corrected chi connectivity index (χ0v) is 12.7. The smallest absolute Gasteiger partial charge is 0.123 e. The number of nitrogens with two attached hydrogens (primary N) is 1. The van der Waals surface area contributed by atoms with Crippen molar-refractivity contribution < 1.29 is 4.39 Å². The van der Waals surface area contributed by atoms with Crippen molar-refractivity contribution in [3.05, 3.63) is 35.1 Å². The van der Waals surface area contributed by atoms with Crippen LogP contribution in [0.1, 0.15) is 43.7 Å². The molecule has 2 rings (SSSR count). The molecule has 0 spiro atoms. The summed E-state index contributed by atoms with van der Waals surface area (Å²) in [5.41, 5.74) is 8.22. The van der Waals surface area contributed by atoms with Gasteiger partial charge in [0.25, 0.3) is 0 Å². The normalized spacial score (nSPS) is 23.2. The van der Waals surface area contributed by atoms with Gasteiger partial charge in [-0.2, -0.15) is 0 Å². The van der Waals surface area contributed by atoms with E-state index in [0.717, 1.165) is 25.2 Å². The van der Waals surface area contributed by atoms with E-state index in [1.54, 1.807) is 12.1 Å². The van der Waals surface area contributed by atoms with Crippen LogP contribution in [0.15, 0.2) is 18.2 Å². The van der Waals surface area contributed by atoms with Crippen molar-refractivity contribution in [2.45, 2.75) is 52.1 Å². The minimum absolute atomic E-state index is 0.138. The van der Waals surface area contributed by atoms with E-state index in [-0.39, 0.29) is 5.82 Å². The maximum Gasteiger partial charge on any atom is 0.123 e. The molecule has 1 aliphatic carbocycles. The highest BCUT2D eigenvalue weighted by Crippen LogP contribution is 2.29. The van der Waals surface area contributed by atoms with Gasteiger partial charge in [-0.15, -0.1) is 0 Å². The predicted molar refractivity (Wildman–Crippen MR) is 82.0 cm³/mol. The predicted octanol–water partition coefficient (Wildman–Crippen LogP) is 3.47. The molecule has 0 saturated heterocycles. The Bertz CT molecular complexity index is 433. The van der Waals surface area contributed by atoms with Gasteiger partial charge in [0.2, 0.25) is 0 Å². The monoisotopic (exact) mass is 278 g/mol. The largest absolute Gasteiger partial charge is 0.330 e. The molecule has 20 heavy (non-hydrogen) atoms. The van der Waals surface area contributed by atoms with Crippen molar-refractivity contribution in [3.63, 3.8) is 0 Å². The number of hydrogen-bond donors (Lipinski definition) is 1. The van der Waals surface area contributed by atoms with Crippen LogP contribution in [0.25, 0.3) is 0 Å². The van der Waals surface area contributed by atoms with Gasteiger partial charge in [-0.25, -0.2) is 4.39 Å². The van der Waals surface area contributed by atoms with Gasteiger partial charge in [-0.05, 0) is 62.0 Å². The SMILES string of the molecule is CCN(Cc1cc(F)ccc1C)C1CCCCC1CN. The van der Waals surface area contributed by atoms with E-state index in [2.05, 4.69) is 18.7 Å². The zero-order chi connectivity index (χ0) is 14.5. The van der Waals surface area contributed by atoms with E-state index < -0.39 is 0 Å². The first-order chi connectivity index (χ1) is 9.65. The molecular weight excluding hydrogens is 251 g/mol. The van der Waals surface area contributed by atoms with Gasteiger partial charge in [0.15, 0.2) is 0 Å². The number of nitrogens with zero attached hydrogens (tertiary/aromatic N) is 1. The lowest BCUT2D eigenvalue weighted by Crippen LogP contribution is -2.44. The highest BCUT2D eigenvalue weighted by atomic mass is 19.1. The van der Waals surface area contributed by atoms with Crippen LogP contribution < -0.4 is 5.73 Å². The molecule has 3 heteroatoms. The lowest BCUT2D eigenvalue weighted by atomic mass is 9.83. The van der Waals surface area contributed by atoms with Gasteiger partial charge < -0.3 is 5.73 Å². The molecule has 0 aliphatic heterocycles. The van der Waals surface area contributed by atoms with E-state index in [4.69, 9.17) is 5.73 Å². The maximum absolute atomic E-state index is 13.4. The van der Waals surface area contributed by atoms with Crippen LogP contribution in [-0.2, 0) is 6.54 Å². The summed E-state index contributed by atoms with van der Waals surface area (Å²) in [6, 6.07) is 5.65. The molecule has 2 unspecified atom stereocenters. The molecule has 0 aromatic heterocycles. The van der Waals surface area contributed by atoms with E-state index in [0.29, 0.717) is 12.0 Å². The molecule has 0 amide bonds. The molecular formula is C17H27FN2. The van der Waals surface area contributed by atoms with Crippen molar-refractivity contribution in [1.82, 2.24) is 4.90 Å². The molecule has 2 nitrogen and oxygen atoms in total. The molecule has 1 fully saturated rings. The molecule has 1 aromatic rings. The van der Waals surface area contributed by atoms with Gasteiger partial charge >= 0.3 is 0 Å². The van der Waals surface area contributed by atoms with Gasteiger partial charge in [-0.3, -0.25) is 4.90 Å². The average molecular weight is 278 g/mol. The number of aryl methyl sites for hydroxylation is 1. The first kappa shape index (κ1) is 15.5. The summed E-state index contributed by atoms with van der Waals surface area (Å²) in [4.78, 5) is 2.48. The van der Waals surface area contributed by atoms with Crippen LogP contribution in [0.5, 0.6) is 0 Å². The number of halogens is 1. The van der Waals surface area contributed by atoms with E-state index in [9.17, 15) is 4.39 Å². The fraction of sp³-hybridized carbons (Fsp3) is 0.647. The summed E-state index contributed by atoms with van der Waals surface area (Å²) >= 11 is 0. The standard InChI is InChI=1S/C17H27FN2/c1-3-20(17-7-5-4-6-14(17)11-19)12-15-10-16(18)9-8-13(15)2/h8-10,14,17H,3-7,11-12,19H2,1-2H3. The molecule has 0 radical (unpaired) electrons. The molecule has 2 N–H and O–H groups in total. The molecule has 1 saturated carbocycles. The average Bonchev–Trinajstić information content (AvgIpc) is 2.48. The van der Waals surface area contributed by atoms with Crippen LogP contribution in [0, 0.1) is 18.7 Å². The molecule has 112 valence electrons. The van der Waals surface area contributed by atoms with Gasteiger partial charge in [0, 0.05) is 12.6 Å². The summed E-state index contributed by atoms with van der Waals surface area (Å²) in [5, 5.41) is 0. The molecule has 1 aromatic carbocycles. The molecule has 0 heterocycles. The first-order valence-electron chi connectivity index (χ1n) is 7.84. The van der Waals surface area contributed by atoms with Crippen LogP contribution in [0.2, 0.25) is 0 Å². The van der Waals surface area contributed by atoms with Crippen molar-refractivity contribution in [1.29, 1.82) is 0 Å². The van der Waals surface area contributed by atoms with Crippen molar-refractivity contribution >= 4 is 0 Å². The van der Waals surface area contributed by atoms with Crippen LogP contribution in [0.4, 0.5) is 4.39 Å². The fourth-order valence-electron chi connectivity index (χ4n) is 3.44. The Morgan fingerprint density at radius 1 is 1.30 bits per heavy atom. The third kappa shape index (κ3) is 3.58. The lowest BCUT2D eigenvalue weighted by Gasteiger charge is -2.39. The van der Waals surface area contributed by atoms with Crippen molar-refractivity contribution in [3.8, 4) is 0 Å². The highest BCUT2D eigenvalue weighted by Gasteiger charge is 2.28. The number of benzene rings is 1. The second-order valence-corrected chi connectivity index (χ2v) is 5.98. The van der Waals surface area contributed by atoms with Crippen LogP contribution in [-0.4, -0.2) is 24.0 Å². The Balaban J connectivity index is 2.13. The molecule has 0 bridgehead atoms. The van der Waals surface area contributed by atoms with Gasteiger partial charge in [0.1, 0.15) is 5.82 Å². The van der Waals surface area contributed by atoms with Gasteiger partial charge in [-0.1, -0.05) is 25.8 Å². The summed E-state index contributed by atoms with van der Waals surface area (Å²) in [5.74, 6) is 0.457. The third-order valence-electron chi connectivity index (χ3n) is 4.73. The second kappa shape index (κ2) is 7.19. The van der Waals surface area contributed by atoms with Crippen molar-refractivity contribution in [2.24, 2.45) is 11.7 Å². The van der Waals surface area contributed by atoms with Crippen LogP contribution >= 0.6 is 0 Å². The number of rotatable bonds is 5. The third-order valence-corrected chi connectivity index (χ3v) is 4.73. The fourth-order valence-corrected chi connectivity index (χ4v) is 3.44. The summed E-state index contributed by atoms with van der Waals surface area (Å²) in [6.07, 6.45) is 5.05. The minimum atomic E-state index is -0.138. The first-order valence-corrected chi connectivity index (χ1v) is 7.84. The van der Waals surface area contributed by atoms with E-state index >= 15 is 0 Å². The second-order valence-electron chi connectivity index (χ2n) is 5.98. The highest BCUT2D eigenvalue weighted by molar-refractivity contribution is 5.26. The topological polar surface area (TPSA) is 29.3 Å². The van der Waals surface area contributed by atoms with Crippen molar-refractivity contribution in [2.75, 3.05) is 13.1 Å². The quantitative estimate of drug-likeness (QED) is 0.893. The summed E-state index contributed by atoms with van der Waals surface area (Å²) in [7, 11) is 0. The Kier molecular flexibility index (Phi) is 5.55. The molecule has 1 aliphatic rings. The Morgan fingerprint density at radius 3 is 2.75 bits per heavy atom. The maximum atomic E-state index is 13.4. The number of hydrogen-bond acceptors (Lipinski definition) is 2. The molecule has 2 atom stereocenters. The lowest BCUT2D eigenvalue weighted by molar-refractivity contribution is 0.105. The van der Waals surface area contributed by atoms with Gasteiger partial charge in [0.05, 0.1) is 0 Å². The summed E-state index contributed by atoms with van der Waals surface area (Å²) < 4.78 is 13.4.